The monoisotopic (exact) mass is 831 g/mol. The van der Waals surface area contributed by atoms with Gasteiger partial charge in [-0.3, -0.25) is 9.59 Å². The van der Waals surface area contributed by atoms with Crippen molar-refractivity contribution in [2.75, 3.05) is 7.11 Å². The van der Waals surface area contributed by atoms with Crippen molar-refractivity contribution in [1.29, 1.82) is 0 Å². The molecule has 334 valence electrons. The van der Waals surface area contributed by atoms with Gasteiger partial charge in [-0.15, -0.1) is 0 Å². The first-order valence-corrected chi connectivity index (χ1v) is 24.7. The zero-order valence-corrected chi connectivity index (χ0v) is 38.7. The lowest BCUT2D eigenvalue weighted by Gasteiger charge is -2.13. The molecule has 0 heterocycles. The summed E-state index contributed by atoms with van der Waals surface area (Å²) in [5.74, 6) is 0.748. The van der Waals surface area contributed by atoms with E-state index >= 15 is 0 Å². The van der Waals surface area contributed by atoms with E-state index in [0.717, 1.165) is 47.9 Å². The molecule has 4 nitrogen and oxygen atoms in total. The minimum absolute atomic E-state index is 0.0581. The van der Waals surface area contributed by atoms with Crippen molar-refractivity contribution in [3.05, 3.63) is 130 Å². The summed E-state index contributed by atoms with van der Waals surface area (Å²) in [7, 11) is 1.64. The molecule has 1 N–H and O–H groups in total. The van der Waals surface area contributed by atoms with Crippen LogP contribution in [0.2, 0.25) is 0 Å². The van der Waals surface area contributed by atoms with Crippen molar-refractivity contribution in [2.45, 2.75) is 194 Å². The molecule has 0 unspecified atom stereocenters. The fourth-order valence-electron chi connectivity index (χ4n) is 8.40. The highest BCUT2D eigenvalue weighted by Gasteiger charge is 2.19. The van der Waals surface area contributed by atoms with Crippen molar-refractivity contribution in [2.24, 2.45) is 0 Å². The summed E-state index contributed by atoms with van der Waals surface area (Å²) in [6, 6.07) is 30.2. The van der Waals surface area contributed by atoms with Crippen LogP contribution >= 0.6 is 0 Å². The second-order valence-electron chi connectivity index (χ2n) is 17.2. The van der Waals surface area contributed by atoms with E-state index in [4.69, 9.17) is 4.74 Å². The van der Waals surface area contributed by atoms with E-state index in [-0.39, 0.29) is 17.3 Å². The Bertz CT molecular complexity index is 1710. The van der Waals surface area contributed by atoms with E-state index in [1.807, 2.05) is 84.9 Å². The first kappa shape index (κ1) is 51.2. The van der Waals surface area contributed by atoms with E-state index in [0.29, 0.717) is 16.9 Å². The van der Waals surface area contributed by atoms with Gasteiger partial charge in [-0.25, -0.2) is 0 Å². The molecule has 0 saturated heterocycles. The Kier molecular flexibility index (Phi) is 28.1. The van der Waals surface area contributed by atoms with Crippen LogP contribution in [0.3, 0.4) is 0 Å². The smallest absolute Gasteiger partial charge is 0.197 e. The Morgan fingerprint density at radius 1 is 0.393 bits per heavy atom. The number of carbonyl (C=O) groups is 2. The summed E-state index contributed by atoms with van der Waals surface area (Å²) in [6.45, 7) is 4.55. The third kappa shape index (κ3) is 21.0. The van der Waals surface area contributed by atoms with Gasteiger partial charge >= 0.3 is 0 Å². The summed E-state index contributed by atoms with van der Waals surface area (Å²) in [5, 5.41) is 10.3. The molecule has 0 spiro atoms. The molecule has 61 heavy (non-hydrogen) atoms. The number of ether oxygens (including phenoxy) is 1. The van der Waals surface area contributed by atoms with Gasteiger partial charge in [-0.05, 0) is 48.9 Å². The molecule has 0 bridgehead atoms. The molecule has 4 aromatic rings. The average molecular weight is 831 g/mol. The van der Waals surface area contributed by atoms with Crippen LogP contribution in [0.1, 0.15) is 224 Å². The highest BCUT2D eigenvalue weighted by molar-refractivity contribution is 6.12. The van der Waals surface area contributed by atoms with Crippen LogP contribution in [-0.2, 0) is 12.8 Å². The topological polar surface area (TPSA) is 63.6 Å². The minimum atomic E-state index is -0.0848. The fraction of sp³-hybridized carbons (Fsp3) is 0.544. The number of phenolic OH excluding ortho intramolecular Hbond substituents is 1. The summed E-state index contributed by atoms with van der Waals surface area (Å²) in [5.41, 5.74) is 4.63. The fourth-order valence-corrected chi connectivity index (χ4v) is 8.40. The Morgan fingerprint density at radius 3 is 1.10 bits per heavy atom. The second kappa shape index (κ2) is 33.4. The SMILES string of the molecule is CCCCCCCCCCCCCCCc1cccc(O)c1C(=O)c1ccccc1.CCCCCCCCCCCCCCCc1cccc(OC)c1C(=O)c1ccccc1. The number of rotatable bonds is 33. The Balaban J connectivity index is 0.000000325. The van der Waals surface area contributed by atoms with Crippen molar-refractivity contribution < 1.29 is 19.4 Å². The molecule has 0 aromatic heterocycles. The lowest BCUT2D eigenvalue weighted by Crippen LogP contribution is -2.08. The zero-order chi connectivity index (χ0) is 43.6. The van der Waals surface area contributed by atoms with Gasteiger partial charge < -0.3 is 9.84 Å². The predicted molar refractivity (Wildman–Crippen MR) is 260 cm³/mol. The van der Waals surface area contributed by atoms with E-state index in [1.165, 1.54) is 154 Å². The maximum absolute atomic E-state index is 13.1. The number of hydrogen-bond acceptors (Lipinski definition) is 4. The van der Waals surface area contributed by atoms with E-state index in [1.54, 1.807) is 13.2 Å². The number of carbonyl (C=O) groups excluding carboxylic acids is 2. The number of phenols is 1. The van der Waals surface area contributed by atoms with Gasteiger partial charge in [0.1, 0.15) is 11.5 Å². The predicted octanol–water partition coefficient (Wildman–Crippen LogP) is 16.8. The molecule has 0 aliphatic heterocycles. The van der Waals surface area contributed by atoms with E-state index in [9.17, 15) is 14.7 Å². The lowest BCUT2D eigenvalue weighted by molar-refractivity contribution is 0.102. The second-order valence-corrected chi connectivity index (χ2v) is 17.2. The molecule has 0 radical (unpaired) electrons. The van der Waals surface area contributed by atoms with Crippen molar-refractivity contribution in [3.63, 3.8) is 0 Å². The van der Waals surface area contributed by atoms with Gasteiger partial charge in [0.2, 0.25) is 0 Å². The van der Waals surface area contributed by atoms with Gasteiger partial charge in [0.15, 0.2) is 11.6 Å². The molecular weight excluding hydrogens is 749 g/mol. The minimum Gasteiger partial charge on any atom is -0.507 e. The normalized spacial score (nSPS) is 10.9. The molecular formula is C57H82O4. The third-order valence-electron chi connectivity index (χ3n) is 12.1. The standard InChI is InChI=1S/C29H42O2.C28H40O2/c1-3-4-5-6-7-8-9-10-11-12-13-14-16-20-25-23-19-24-27(31-2)28(25)29(30)26-21-17-15-18-22-26;1-2-3-4-5-6-7-8-9-10-11-12-13-15-19-24-22-18-23-26(29)27(24)28(30)25-20-16-14-17-21-25/h15,17-19,21-24H,3-14,16,20H2,1-2H3;14,16-18,20-23,29H,2-13,15,19H2,1H3. The first-order valence-electron chi connectivity index (χ1n) is 24.7. The molecule has 0 amide bonds. The Hall–Kier alpha value is -4.18. The number of ketones is 2. The number of methoxy groups -OCH3 is 1. The Labute approximate surface area is 372 Å². The number of hydrogen-bond donors (Lipinski definition) is 1. The van der Waals surface area contributed by atoms with Gasteiger partial charge in [0.05, 0.1) is 18.2 Å². The summed E-state index contributed by atoms with van der Waals surface area (Å²) in [6.07, 6.45) is 36.6. The molecule has 4 aromatic carbocycles. The van der Waals surface area contributed by atoms with Crippen molar-refractivity contribution in [3.8, 4) is 11.5 Å². The average Bonchev–Trinajstić information content (AvgIpc) is 3.29. The summed E-state index contributed by atoms with van der Waals surface area (Å²) < 4.78 is 5.53. The molecule has 0 fully saturated rings. The van der Waals surface area contributed by atoms with E-state index in [2.05, 4.69) is 19.9 Å². The van der Waals surface area contributed by atoms with Gasteiger partial charge in [0, 0.05) is 11.1 Å². The van der Waals surface area contributed by atoms with Crippen LogP contribution in [-0.4, -0.2) is 23.8 Å². The molecule has 4 heteroatoms. The van der Waals surface area contributed by atoms with Crippen LogP contribution in [0.5, 0.6) is 11.5 Å². The van der Waals surface area contributed by atoms with Crippen LogP contribution in [0.15, 0.2) is 97.1 Å². The molecule has 0 aliphatic carbocycles. The zero-order valence-electron chi connectivity index (χ0n) is 38.7. The number of aryl methyl sites for hydroxylation is 2. The third-order valence-corrected chi connectivity index (χ3v) is 12.1. The van der Waals surface area contributed by atoms with Crippen molar-refractivity contribution >= 4 is 11.6 Å². The highest BCUT2D eigenvalue weighted by Crippen LogP contribution is 2.28. The van der Waals surface area contributed by atoms with Crippen LogP contribution in [0, 0.1) is 0 Å². The summed E-state index contributed by atoms with van der Waals surface area (Å²) in [4.78, 5) is 26.0. The van der Waals surface area contributed by atoms with Crippen molar-refractivity contribution in [1.82, 2.24) is 0 Å². The summed E-state index contributed by atoms with van der Waals surface area (Å²) >= 11 is 0. The maximum Gasteiger partial charge on any atom is 0.197 e. The van der Waals surface area contributed by atoms with Crippen LogP contribution < -0.4 is 4.74 Å². The van der Waals surface area contributed by atoms with Gasteiger partial charge in [0.25, 0.3) is 0 Å². The number of unbranched alkanes of at least 4 members (excludes halogenated alkanes) is 24. The number of benzene rings is 4. The molecule has 0 saturated carbocycles. The van der Waals surface area contributed by atoms with Crippen LogP contribution in [0.4, 0.5) is 0 Å². The number of aromatic hydroxyl groups is 1. The van der Waals surface area contributed by atoms with Gasteiger partial charge in [-0.1, -0.05) is 253 Å². The van der Waals surface area contributed by atoms with E-state index < -0.39 is 0 Å². The highest BCUT2D eigenvalue weighted by atomic mass is 16.5. The molecule has 0 aliphatic rings. The molecule has 4 rings (SSSR count). The van der Waals surface area contributed by atoms with Gasteiger partial charge in [-0.2, -0.15) is 0 Å². The maximum atomic E-state index is 13.1. The lowest BCUT2D eigenvalue weighted by atomic mass is 9.94. The van der Waals surface area contributed by atoms with Crippen LogP contribution in [0.25, 0.3) is 0 Å². The Morgan fingerprint density at radius 2 is 0.721 bits per heavy atom. The molecule has 0 atom stereocenters. The quantitative estimate of drug-likeness (QED) is 0.0384. The largest absolute Gasteiger partial charge is 0.507 e. The first-order chi connectivity index (χ1) is 30.0.